The van der Waals surface area contributed by atoms with Crippen LogP contribution >= 0.6 is 0 Å². The molecule has 2 aliphatic rings. The molecule has 0 aromatic rings. The van der Waals surface area contributed by atoms with Gasteiger partial charge in [-0.3, -0.25) is 4.79 Å². The Balaban J connectivity index is 2.02. The lowest BCUT2D eigenvalue weighted by molar-refractivity contribution is -0.123. The average molecular weight is 194 g/mol. The van der Waals surface area contributed by atoms with Crippen LogP contribution in [0.3, 0.4) is 0 Å². The van der Waals surface area contributed by atoms with E-state index in [1.54, 1.807) is 0 Å². The lowest BCUT2D eigenvalue weighted by atomic mass is 9.70. The van der Waals surface area contributed by atoms with Crippen molar-refractivity contribution < 1.29 is 4.79 Å². The van der Waals surface area contributed by atoms with Crippen LogP contribution < -0.4 is 0 Å². The van der Waals surface area contributed by atoms with E-state index >= 15 is 0 Å². The summed E-state index contributed by atoms with van der Waals surface area (Å²) in [6.07, 6.45) is 9.99. The summed E-state index contributed by atoms with van der Waals surface area (Å²) in [5.74, 6) is 2.65. The van der Waals surface area contributed by atoms with Crippen LogP contribution in [0.4, 0.5) is 0 Å². The fourth-order valence-corrected chi connectivity index (χ4v) is 3.57. The fraction of sp³-hybridized carbons (Fsp3) is 0.923. The minimum absolute atomic E-state index is 0.459. The molecule has 3 atom stereocenters. The maximum atomic E-state index is 11.7. The second-order valence-electron chi connectivity index (χ2n) is 5.08. The molecule has 2 rings (SSSR count). The standard InChI is InChI=1S/C13H22O/c1-2-10-6-3-4-7-11(10)12-8-5-9-13(12)14/h10-12H,2-9H2,1H3. The molecule has 0 saturated heterocycles. The van der Waals surface area contributed by atoms with Gasteiger partial charge in [0.25, 0.3) is 0 Å². The zero-order valence-electron chi connectivity index (χ0n) is 9.30. The molecule has 1 nitrogen and oxygen atoms in total. The van der Waals surface area contributed by atoms with Gasteiger partial charge in [-0.1, -0.05) is 32.6 Å². The van der Waals surface area contributed by atoms with Crippen molar-refractivity contribution in [3.05, 3.63) is 0 Å². The molecule has 0 aromatic carbocycles. The van der Waals surface area contributed by atoms with Gasteiger partial charge in [-0.2, -0.15) is 0 Å². The Labute approximate surface area is 87.3 Å². The summed E-state index contributed by atoms with van der Waals surface area (Å²) < 4.78 is 0. The van der Waals surface area contributed by atoms with Crippen molar-refractivity contribution in [2.24, 2.45) is 17.8 Å². The maximum absolute atomic E-state index is 11.7. The Morgan fingerprint density at radius 1 is 1.14 bits per heavy atom. The highest BCUT2D eigenvalue weighted by atomic mass is 16.1. The SMILES string of the molecule is CCC1CCCCC1C1CCCC1=O. The highest BCUT2D eigenvalue weighted by molar-refractivity contribution is 5.83. The first-order valence-corrected chi connectivity index (χ1v) is 6.35. The number of ketones is 1. The summed E-state index contributed by atoms with van der Waals surface area (Å²) in [5.41, 5.74) is 0. The van der Waals surface area contributed by atoms with Gasteiger partial charge in [0.05, 0.1) is 0 Å². The van der Waals surface area contributed by atoms with Crippen LogP contribution in [0.1, 0.15) is 58.3 Å². The van der Waals surface area contributed by atoms with Gasteiger partial charge in [-0.15, -0.1) is 0 Å². The van der Waals surface area contributed by atoms with Crippen molar-refractivity contribution >= 4 is 5.78 Å². The van der Waals surface area contributed by atoms with Gasteiger partial charge in [-0.25, -0.2) is 0 Å². The Morgan fingerprint density at radius 2 is 1.93 bits per heavy atom. The fourth-order valence-electron chi connectivity index (χ4n) is 3.57. The second-order valence-corrected chi connectivity index (χ2v) is 5.08. The first-order valence-electron chi connectivity index (χ1n) is 6.35. The van der Waals surface area contributed by atoms with Crippen LogP contribution in [0.25, 0.3) is 0 Å². The minimum Gasteiger partial charge on any atom is -0.299 e. The van der Waals surface area contributed by atoms with Crippen molar-refractivity contribution in [2.45, 2.75) is 58.3 Å². The van der Waals surface area contributed by atoms with E-state index in [2.05, 4.69) is 6.92 Å². The van der Waals surface area contributed by atoms with Crippen LogP contribution in [-0.2, 0) is 4.79 Å². The molecular formula is C13H22O. The van der Waals surface area contributed by atoms with Crippen molar-refractivity contribution in [3.8, 4) is 0 Å². The molecule has 80 valence electrons. The Morgan fingerprint density at radius 3 is 2.57 bits per heavy atom. The van der Waals surface area contributed by atoms with E-state index in [0.29, 0.717) is 11.7 Å². The molecule has 2 fully saturated rings. The highest BCUT2D eigenvalue weighted by Crippen LogP contribution is 2.42. The number of hydrogen-bond acceptors (Lipinski definition) is 1. The van der Waals surface area contributed by atoms with Gasteiger partial charge in [0, 0.05) is 12.3 Å². The first-order chi connectivity index (χ1) is 6.83. The normalized spacial score (nSPS) is 38.9. The van der Waals surface area contributed by atoms with Crippen molar-refractivity contribution in [1.29, 1.82) is 0 Å². The maximum Gasteiger partial charge on any atom is 0.136 e. The van der Waals surface area contributed by atoms with Crippen LogP contribution in [0.15, 0.2) is 0 Å². The van der Waals surface area contributed by atoms with Crippen LogP contribution in [0, 0.1) is 17.8 Å². The van der Waals surface area contributed by atoms with Gasteiger partial charge in [0.15, 0.2) is 0 Å². The van der Waals surface area contributed by atoms with Crippen molar-refractivity contribution in [1.82, 2.24) is 0 Å². The van der Waals surface area contributed by atoms with Gasteiger partial charge in [0.2, 0.25) is 0 Å². The monoisotopic (exact) mass is 194 g/mol. The van der Waals surface area contributed by atoms with E-state index in [9.17, 15) is 4.79 Å². The van der Waals surface area contributed by atoms with E-state index in [1.165, 1.54) is 38.5 Å². The number of rotatable bonds is 2. The van der Waals surface area contributed by atoms with Crippen molar-refractivity contribution in [3.63, 3.8) is 0 Å². The van der Waals surface area contributed by atoms with Crippen molar-refractivity contribution in [2.75, 3.05) is 0 Å². The quantitative estimate of drug-likeness (QED) is 0.656. The van der Waals surface area contributed by atoms with E-state index in [-0.39, 0.29) is 0 Å². The van der Waals surface area contributed by atoms with E-state index in [0.717, 1.165) is 24.7 Å². The van der Waals surface area contributed by atoms with E-state index in [4.69, 9.17) is 0 Å². The topological polar surface area (TPSA) is 17.1 Å². The predicted molar refractivity (Wildman–Crippen MR) is 58.1 cm³/mol. The van der Waals surface area contributed by atoms with Gasteiger partial charge < -0.3 is 0 Å². The molecule has 0 N–H and O–H groups in total. The smallest absolute Gasteiger partial charge is 0.136 e. The summed E-state index contributed by atoms with van der Waals surface area (Å²) in [6, 6.07) is 0. The molecule has 3 unspecified atom stereocenters. The first kappa shape index (κ1) is 10.2. The molecular weight excluding hydrogens is 172 g/mol. The molecule has 0 aromatic heterocycles. The zero-order valence-corrected chi connectivity index (χ0v) is 9.30. The lowest BCUT2D eigenvalue weighted by Gasteiger charge is -2.34. The van der Waals surface area contributed by atoms with E-state index < -0.39 is 0 Å². The molecule has 2 saturated carbocycles. The van der Waals surface area contributed by atoms with Gasteiger partial charge in [-0.05, 0) is 31.1 Å². The molecule has 0 spiro atoms. The molecule has 14 heavy (non-hydrogen) atoms. The Hall–Kier alpha value is -0.330. The van der Waals surface area contributed by atoms with Crippen LogP contribution in [-0.4, -0.2) is 5.78 Å². The largest absolute Gasteiger partial charge is 0.299 e. The van der Waals surface area contributed by atoms with E-state index in [1.807, 2.05) is 0 Å². The average Bonchev–Trinajstić information content (AvgIpc) is 2.64. The highest BCUT2D eigenvalue weighted by Gasteiger charge is 2.36. The second kappa shape index (κ2) is 4.46. The Kier molecular flexibility index (Phi) is 3.25. The predicted octanol–water partition coefficient (Wildman–Crippen LogP) is 3.57. The molecule has 0 heterocycles. The molecule has 1 heteroatoms. The summed E-state index contributed by atoms with van der Waals surface area (Å²) in [7, 11) is 0. The summed E-state index contributed by atoms with van der Waals surface area (Å²) in [4.78, 5) is 11.7. The number of carbonyl (C=O) groups excluding carboxylic acids is 1. The zero-order chi connectivity index (χ0) is 9.97. The van der Waals surface area contributed by atoms with Gasteiger partial charge in [0.1, 0.15) is 5.78 Å². The summed E-state index contributed by atoms with van der Waals surface area (Å²) >= 11 is 0. The summed E-state index contributed by atoms with van der Waals surface area (Å²) in [5, 5.41) is 0. The van der Waals surface area contributed by atoms with Crippen LogP contribution in [0.5, 0.6) is 0 Å². The Bertz CT molecular complexity index is 209. The van der Waals surface area contributed by atoms with Crippen LogP contribution in [0.2, 0.25) is 0 Å². The molecule has 0 aliphatic heterocycles. The van der Waals surface area contributed by atoms with Gasteiger partial charge >= 0.3 is 0 Å². The molecule has 2 aliphatic carbocycles. The number of hydrogen-bond donors (Lipinski definition) is 0. The number of Topliss-reactive ketones (excluding diaryl/α,β-unsaturated/α-hetero) is 1. The third-order valence-corrected chi connectivity index (χ3v) is 4.36. The third kappa shape index (κ3) is 1.87. The minimum atomic E-state index is 0.459. The third-order valence-electron chi connectivity index (χ3n) is 4.36. The number of carbonyl (C=O) groups is 1. The molecule has 0 radical (unpaired) electrons. The lowest BCUT2D eigenvalue weighted by Crippen LogP contribution is -2.28. The molecule has 0 amide bonds. The molecule has 0 bridgehead atoms. The summed E-state index contributed by atoms with van der Waals surface area (Å²) in [6.45, 7) is 2.29.